The number of hydrogen-bond donors (Lipinski definition) is 0. The Labute approximate surface area is 225 Å². The maximum absolute atomic E-state index is 13.8. The summed E-state index contributed by atoms with van der Waals surface area (Å²) in [4.78, 5) is 13.7. The van der Waals surface area contributed by atoms with Gasteiger partial charge in [-0.15, -0.1) is 0 Å². The minimum Gasteiger partial charge on any atom is -0.481 e. The van der Waals surface area contributed by atoms with Crippen LogP contribution >= 0.6 is 0 Å². The summed E-state index contributed by atoms with van der Waals surface area (Å²) >= 11 is 0. The summed E-state index contributed by atoms with van der Waals surface area (Å²) in [6, 6.07) is 31.0. The molecule has 4 aromatic carbocycles. The number of aryl methyl sites for hydroxylation is 2. The number of unbranched alkanes of at least 4 members (excludes halogenated alkanes) is 1. The van der Waals surface area contributed by atoms with Gasteiger partial charge in [0, 0.05) is 0 Å². The Bertz CT molecular complexity index is 1450. The molecule has 0 saturated carbocycles. The van der Waals surface area contributed by atoms with Gasteiger partial charge in [-0.25, -0.2) is 8.42 Å². The van der Waals surface area contributed by atoms with E-state index in [9.17, 15) is 13.2 Å². The van der Waals surface area contributed by atoms with E-state index in [4.69, 9.17) is 4.74 Å². The first-order valence-electron chi connectivity index (χ1n) is 12.9. The van der Waals surface area contributed by atoms with Crippen molar-refractivity contribution in [1.82, 2.24) is 0 Å². The molecule has 6 heteroatoms. The van der Waals surface area contributed by atoms with Crippen LogP contribution in [-0.2, 0) is 21.2 Å². The number of carbonyl (C=O) groups excluding carboxylic acids is 1. The summed E-state index contributed by atoms with van der Waals surface area (Å²) < 4.78 is 34.3. The zero-order valence-electron chi connectivity index (χ0n) is 22.0. The Kier molecular flexibility index (Phi) is 8.64. The average molecular weight is 528 g/mol. The average Bonchev–Trinajstić information content (AvgIpc) is 2.93. The molecule has 5 nitrogen and oxygen atoms in total. The lowest BCUT2D eigenvalue weighted by molar-refractivity contribution is -0.123. The molecule has 0 fully saturated rings. The van der Waals surface area contributed by atoms with E-state index in [-0.39, 0.29) is 10.6 Å². The number of hydrogen-bond acceptors (Lipinski definition) is 4. The molecular weight excluding hydrogens is 494 g/mol. The summed E-state index contributed by atoms with van der Waals surface area (Å²) in [5, 5.41) is 0. The first kappa shape index (κ1) is 27.1. The maximum Gasteiger partial charge on any atom is 0.281 e. The topological polar surface area (TPSA) is 63.7 Å². The fourth-order valence-electron chi connectivity index (χ4n) is 4.16. The van der Waals surface area contributed by atoms with Gasteiger partial charge in [-0.1, -0.05) is 85.6 Å². The Morgan fingerprint density at radius 3 is 2.03 bits per heavy atom. The fourth-order valence-corrected chi connectivity index (χ4v) is 5.63. The molecule has 0 aliphatic heterocycles. The molecule has 1 amide bonds. The number of ether oxygens (including phenoxy) is 1. The number of nitrogens with zero attached hydrogens (tertiary/aromatic N) is 1. The number of carbonyl (C=O) groups is 1. The Hall–Kier alpha value is -3.90. The van der Waals surface area contributed by atoms with Crippen molar-refractivity contribution < 1.29 is 17.9 Å². The van der Waals surface area contributed by atoms with Crippen molar-refractivity contribution in [1.29, 1.82) is 0 Å². The second-order valence-electron chi connectivity index (χ2n) is 9.34. The van der Waals surface area contributed by atoms with Crippen LogP contribution in [0, 0.1) is 6.92 Å². The molecule has 0 heterocycles. The van der Waals surface area contributed by atoms with E-state index < -0.39 is 22.0 Å². The third-order valence-corrected chi connectivity index (χ3v) is 8.11. The van der Waals surface area contributed by atoms with Crippen molar-refractivity contribution in [3.8, 4) is 16.9 Å². The van der Waals surface area contributed by atoms with Crippen molar-refractivity contribution in [2.75, 3.05) is 4.31 Å². The van der Waals surface area contributed by atoms with Crippen molar-refractivity contribution in [2.24, 2.45) is 0 Å². The number of sulfonamides is 1. The summed E-state index contributed by atoms with van der Waals surface area (Å²) in [5.41, 5.74) is 4.39. The predicted octanol–water partition coefficient (Wildman–Crippen LogP) is 7.19. The van der Waals surface area contributed by atoms with Gasteiger partial charge in [0.25, 0.3) is 15.9 Å². The van der Waals surface area contributed by atoms with Gasteiger partial charge in [0.1, 0.15) is 5.75 Å². The molecule has 0 spiro atoms. The van der Waals surface area contributed by atoms with Gasteiger partial charge < -0.3 is 4.74 Å². The molecule has 0 aliphatic rings. The molecule has 38 heavy (non-hydrogen) atoms. The Morgan fingerprint density at radius 1 is 0.816 bits per heavy atom. The SMILES string of the molecule is CCCCc1ccc(N(C(=O)C(C)Oc2ccc(-c3ccccc3)cc2)S(=O)(=O)c2ccc(C)cc2)cc1. The minimum atomic E-state index is -4.18. The second kappa shape index (κ2) is 12.1. The maximum atomic E-state index is 13.8. The van der Waals surface area contributed by atoms with Gasteiger partial charge in [0.15, 0.2) is 6.10 Å². The van der Waals surface area contributed by atoms with Crippen LogP contribution in [0.4, 0.5) is 5.69 Å². The molecular formula is C32H33NO4S. The van der Waals surface area contributed by atoms with Crippen molar-refractivity contribution >= 4 is 21.6 Å². The van der Waals surface area contributed by atoms with Crippen LogP contribution in [0.15, 0.2) is 108 Å². The van der Waals surface area contributed by atoms with Gasteiger partial charge in [-0.05, 0) is 79.8 Å². The van der Waals surface area contributed by atoms with Gasteiger partial charge in [0.2, 0.25) is 0 Å². The van der Waals surface area contributed by atoms with Crippen LogP contribution in [0.5, 0.6) is 5.75 Å². The van der Waals surface area contributed by atoms with Gasteiger partial charge in [0.05, 0.1) is 10.6 Å². The van der Waals surface area contributed by atoms with Gasteiger partial charge in [-0.3, -0.25) is 4.79 Å². The van der Waals surface area contributed by atoms with E-state index in [1.807, 2.05) is 61.5 Å². The molecule has 1 atom stereocenters. The van der Waals surface area contributed by atoms with E-state index >= 15 is 0 Å². The third-order valence-electron chi connectivity index (χ3n) is 6.37. The molecule has 0 bridgehead atoms. The summed E-state index contributed by atoms with van der Waals surface area (Å²) in [6.45, 7) is 5.58. The highest BCUT2D eigenvalue weighted by Crippen LogP contribution is 2.28. The van der Waals surface area contributed by atoms with Crippen molar-refractivity contribution in [3.05, 3.63) is 114 Å². The summed E-state index contributed by atoms with van der Waals surface area (Å²) in [7, 11) is -4.18. The second-order valence-corrected chi connectivity index (χ2v) is 11.1. The number of anilines is 1. The monoisotopic (exact) mass is 527 g/mol. The molecule has 196 valence electrons. The lowest BCUT2D eigenvalue weighted by atomic mass is 10.1. The number of benzene rings is 4. The lowest BCUT2D eigenvalue weighted by Crippen LogP contribution is -2.44. The first-order chi connectivity index (χ1) is 18.3. The molecule has 0 radical (unpaired) electrons. The van der Waals surface area contributed by atoms with Crippen LogP contribution in [0.1, 0.15) is 37.8 Å². The highest BCUT2D eigenvalue weighted by molar-refractivity contribution is 7.93. The van der Waals surface area contributed by atoms with E-state index in [1.165, 1.54) is 12.1 Å². The summed E-state index contributed by atoms with van der Waals surface area (Å²) in [6.07, 6.45) is 1.96. The Morgan fingerprint density at radius 2 is 1.42 bits per heavy atom. The van der Waals surface area contributed by atoms with E-state index in [2.05, 4.69) is 6.92 Å². The summed E-state index contributed by atoms with van der Waals surface area (Å²) in [5.74, 6) is -0.188. The van der Waals surface area contributed by atoms with Crippen molar-refractivity contribution in [3.63, 3.8) is 0 Å². The molecule has 4 aromatic rings. The van der Waals surface area contributed by atoms with E-state index in [0.717, 1.165) is 45.8 Å². The minimum absolute atomic E-state index is 0.0472. The molecule has 4 rings (SSSR count). The molecule has 0 saturated heterocycles. The van der Waals surface area contributed by atoms with Crippen LogP contribution in [0.3, 0.4) is 0 Å². The van der Waals surface area contributed by atoms with Crippen LogP contribution < -0.4 is 9.04 Å². The zero-order valence-corrected chi connectivity index (χ0v) is 22.8. The predicted molar refractivity (Wildman–Crippen MR) is 153 cm³/mol. The van der Waals surface area contributed by atoms with Crippen molar-refractivity contribution in [2.45, 2.75) is 51.0 Å². The largest absolute Gasteiger partial charge is 0.481 e. The lowest BCUT2D eigenvalue weighted by Gasteiger charge is -2.26. The van der Waals surface area contributed by atoms with Crippen LogP contribution in [0.25, 0.3) is 11.1 Å². The fraction of sp³-hybridized carbons (Fsp3) is 0.219. The number of rotatable bonds is 10. The van der Waals surface area contributed by atoms with Gasteiger partial charge >= 0.3 is 0 Å². The van der Waals surface area contributed by atoms with Crippen LogP contribution in [0.2, 0.25) is 0 Å². The van der Waals surface area contributed by atoms with Crippen LogP contribution in [-0.4, -0.2) is 20.4 Å². The Balaban J connectivity index is 1.62. The molecule has 1 unspecified atom stereocenters. The number of amides is 1. The zero-order chi connectivity index (χ0) is 27.1. The van der Waals surface area contributed by atoms with E-state index in [0.29, 0.717) is 5.75 Å². The molecule has 0 N–H and O–H groups in total. The van der Waals surface area contributed by atoms with Gasteiger partial charge in [-0.2, -0.15) is 4.31 Å². The highest BCUT2D eigenvalue weighted by Gasteiger charge is 2.35. The molecule has 0 aromatic heterocycles. The molecule has 0 aliphatic carbocycles. The highest BCUT2D eigenvalue weighted by atomic mass is 32.2. The smallest absolute Gasteiger partial charge is 0.281 e. The normalized spacial score (nSPS) is 12.1. The quantitative estimate of drug-likeness (QED) is 0.219. The third kappa shape index (κ3) is 6.32. The standard InChI is InChI=1S/C32H33NO4S/c1-4-5-9-26-14-18-29(19-15-26)33(38(35,36)31-22-12-24(2)13-23-31)32(34)25(3)37-30-20-16-28(17-21-30)27-10-7-6-8-11-27/h6-8,10-23,25H,4-5,9H2,1-3H3. The van der Waals surface area contributed by atoms with E-state index in [1.54, 1.807) is 43.3 Å². The first-order valence-corrected chi connectivity index (χ1v) is 14.3.